The predicted molar refractivity (Wildman–Crippen MR) is 74.1 cm³/mol. The third kappa shape index (κ3) is 3.23. The molecule has 1 atom stereocenters. The molecule has 8 nitrogen and oxygen atoms in total. The molecule has 0 saturated carbocycles. The van der Waals surface area contributed by atoms with Crippen LogP contribution in [0.5, 0.6) is 5.75 Å². The number of nitrogens with zero attached hydrogens (tertiary/aromatic N) is 2. The molecule has 0 radical (unpaired) electrons. The number of non-ortho nitro benzene ring substituents is 1. The molecule has 0 amide bonds. The van der Waals surface area contributed by atoms with Crippen molar-refractivity contribution in [2.45, 2.75) is 12.5 Å². The molecule has 0 spiro atoms. The third-order valence-corrected chi connectivity index (χ3v) is 2.91. The van der Waals surface area contributed by atoms with Crippen LogP contribution in [-0.2, 0) is 4.79 Å². The molecule has 21 heavy (non-hydrogen) atoms. The van der Waals surface area contributed by atoms with Crippen molar-refractivity contribution in [3.8, 4) is 5.75 Å². The van der Waals surface area contributed by atoms with Gasteiger partial charge in [0.1, 0.15) is 11.8 Å². The van der Waals surface area contributed by atoms with Crippen molar-refractivity contribution in [1.82, 2.24) is 4.98 Å². The van der Waals surface area contributed by atoms with E-state index < -0.39 is 16.9 Å². The minimum atomic E-state index is -1.10. The summed E-state index contributed by atoms with van der Waals surface area (Å²) in [6.45, 7) is 0.0925. The normalized spacial score (nSPS) is 12.0. The summed E-state index contributed by atoms with van der Waals surface area (Å²) in [6, 6.07) is 5.06. The molecule has 0 aliphatic rings. The summed E-state index contributed by atoms with van der Waals surface area (Å²) in [5.74, 6) is -0.699. The van der Waals surface area contributed by atoms with Gasteiger partial charge >= 0.3 is 5.97 Å². The summed E-state index contributed by atoms with van der Waals surface area (Å²) in [5, 5.41) is 20.1. The Kier molecular flexibility index (Phi) is 4.29. The van der Waals surface area contributed by atoms with Crippen molar-refractivity contribution in [1.29, 1.82) is 0 Å². The van der Waals surface area contributed by atoms with Gasteiger partial charge in [-0.05, 0) is 18.2 Å². The molecule has 0 aliphatic heterocycles. The number of carbonyl (C=O) groups is 1. The van der Waals surface area contributed by atoms with Crippen LogP contribution in [0.15, 0.2) is 30.5 Å². The number of rotatable bonds is 6. The Balaban J connectivity index is 2.23. The Morgan fingerprint density at radius 1 is 1.48 bits per heavy atom. The van der Waals surface area contributed by atoms with Gasteiger partial charge < -0.3 is 15.6 Å². The molecule has 1 aromatic heterocycles. The lowest BCUT2D eigenvalue weighted by atomic mass is 10.1. The molecule has 1 heterocycles. The number of fused-ring (bicyclic) bond motifs is 1. The van der Waals surface area contributed by atoms with Crippen molar-refractivity contribution in [3.63, 3.8) is 0 Å². The van der Waals surface area contributed by atoms with Gasteiger partial charge in [-0.2, -0.15) is 0 Å². The molecule has 2 rings (SSSR count). The number of hydrogen-bond donors (Lipinski definition) is 2. The molecule has 0 fully saturated rings. The quantitative estimate of drug-likeness (QED) is 0.606. The Morgan fingerprint density at radius 2 is 2.24 bits per heavy atom. The van der Waals surface area contributed by atoms with E-state index >= 15 is 0 Å². The average molecular weight is 291 g/mol. The van der Waals surface area contributed by atoms with Crippen LogP contribution in [-0.4, -0.2) is 33.6 Å². The first-order valence-corrected chi connectivity index (χ1v) is 6.14. The monoisotopic (exact) mass is 291 g/mol. The van der Waals surface area contributed by atoms with Crippen LogP contribution >= 0.6 is 0 Å². The summed E-state index contributed by atoms with van der Waals surface area (Å²) >= 11 is 0. The molecule has 2 aromatic rings. The van der Waals surface area contributed by atoms with E-state index in [1.165, 1.54) is 18.3 Å². The average Bonchev–Trinajstić information content (AvgIpc) is 2.46. The minimum Gasteiger partial charge on any atom is -0.493 e. The molecule has 0 saturated heterocycles. The highest BCUT2D eigenvalue weighted by atomic mass is 16.6. The standard InChI is InChI=1S/C13H13N3O5/c14-9(13(17)18)5-7-21-11-4-3-10(16(19)20)12-8(11)2-1-6-15-12/h1-4,6,9H,5,7,14H2,(H,17,18). The van der Waals surface area contributed by atoms with Crippen LogP contribution in [0.25, 0.3) is 10.9 Å². The van der Waals surface area contributed by atoms with Gasteiger partial charge in [0.05, 0.1) is 11.5 Å². The number of carboxylic acid groups (broad SMARTS) is 1. The zero-order valence-electron chi connectivity index (χ0n) is 10.9. The maximum atomic E-state index is 10.9. The Labute approximate surface area is 119 Å². The number of pyridine rings is 1. The second-order valence-corrected chi connectivity index (χ2v) is 4.32. The molecule has 0 bridgehead atoms. The molecular formula is C13H13N3O5. The van der Waals surface area contributed by atoms with Gasteiger partial charge in [0, 0.05) is 24.1 Å². The maximum absolute atomic E-state index is 10.9. The van der Waals surface area contributed by atoms with E-state index in [1.807, 2.05) is 0 Å². The van der Waals surface area contributed by atoms with Gasteiger partial charge in [0.25, 0.3) is 5.69 Å². The van der Waals surface area contributed by atoms with Crippen LogP contribution in [0.1, 0.15) is 6.42 Å². The first-order valence-electron chi connectivity index (χ1n) is 6.14. The summed E-state index contributed by atoms with van der Waals surface area (Å²) in [6.07, 6.45) is 1.59. The van der Waals surface area contributed by atoms with E-state index in [2.05, 4.69) is 4.98 Å². The molecule has 3 N–H and O–H groups in total. The molecule has 1 aromatic carbocycles. The maximum Gasteiger partial charge on any atom is 0.320 e. The predicted octanol–water partition coefficient (Wildman–Crippen LogP) is 1.32. The zero-order chi connectivity index (χ0) is 15.4. The topological polar surface area (TPSA) is 129 Å². The largest absolute Gasteiger partial charge is 0.493 e. The van der Waals surface area contributed by atoms with Crippen LogP contribution in [0, 0.1) is 10.1 Å². The van der Waals surface area contributed by atoms with E-state index in [0.29, 0.717) is 11.1 Å². The highest BCUT2D eigenvalue weighted by Gasteiger charge is 2.17. The second-order valence-electron chi connectivity index (χ2n) is 4.32. The fourth-order valence-electron chi connectivity index (χ4n) is 1.82. The van der Waals surface area contributed by atoms with Crippen LogP contribution in [0.3, 0.4) is 0 Å². The summed E-state index contributed by atoms with van der Waals surface area (Å²) in [7, 11) is 0. The summed E-state index contributed by atoms with van der Waals surface area (Å²) in [5.41, 5.74) is 5.49. The Bertz CT molecular complexity index is 689. The van der Waals surface area contributed by atoms with Gasteiger partial charge in [0.2, 0.25) is 0 Å². The SMILES string of the molecule is NC(CCOc1ccc([N+](=O)[O-])c2ncccc12)C(=O)O. The van der Waals surface area contributed by atoms with Crippen LogP contribution in [0.2, 0.25) is 0 Å². The number of nitro groups is 1. The fourth-order valence-corrected chi connectivity index (χ4v) is 1.82. The lowest BCUT2D eigenvalue weighted by Crippen LogP contribution is -2.31. The smallest absolute Gasteiger partial charge is 0.320 e. The van der Waals surface area contributed by atoms with Crippen molar-refractivity contribution in [3.05, 3.63) is 40.6 Å². The van der Waals surface area contributed by atoms with Crippen LogP contribution in [0.4, 0.5) is 5.69 Å². The van der Waals surface area contributed by atoms with Crippen molar-refractivity contribution < 1.29 is 19.6 Å². The number of nitro benzene ring substituents is 1. The summed E-state index contributed by atoms with van der Waals surface area (Å²) < 4.78 is 5.47. The zero-order valence-corrected chi connectivity index (χ0v) is 10.9. The second kappa shape index (κ2) is 6.14. The van der Waals surface area contributed by atoms with E-state index in [9.17, 15) is 14.9 Å². The first-order chi connectivity index (χ1) is 10.0. The van der Waals surface area contributed by atoms with Crippen molar-refractivity contribution in [2.24, 2.45) is 5.73 Å². The van der Waals surface area contributed by atoms with Gasteiger partial charge in [-0.1, -0.05) is 0 Å². The number of hydrogen-bond acceptors (Lipinski definition) is 6. The number of nitrogens with two attached hydrogens (primary N) is 1. The number of aliphatic carboxylic acids is 1. The lowest BCUT2D eigenvalue weighted by Gasteiger charge is -2.10. The molecule has 1 unspecified atom stereocenters. The summed E-state index contributed by atoms with van der Waals surface area (Å²) in [4.78, 5) is 25.0. The van der Waals surface area contributed by atoms with Crippen molar-refractivity contribution >= 4 is 22.6 Å². The fraction of sp³-hybridized carbons (Fsp3) is 0.231. The Morgan fingerprint density at radius 3 is 2.90 bits per heavy atom. The number of aromatic nitrogens is 1. The number of carboxylic acids is 1. The van der Waals surface area contributed by atoms with Gasteiger partial charge in [-0.3, -0.25) is 14.9 Å². The molecule has 110 valence electrons. The van der Waals surface area contributed by atoms with Crippen molar-refractivity contribution in [2.75, 3.05) is 6.61 Å². The van der Waals surface area contributed by atoms with E-state index in [4.69, 9.17) is 15.6 Å². The van der Waals surface area contributed by atoms with Gasteiger partial charge in [-0.15, -0.1) is 0 Å². The highest BCUT2D eigenvalue weighted by Crippen LogP contribution is 2.31. The van der Waals surface area contributed by atoms with Crippen LogP contribution < -0.4 is 10.5 Å². The number of ether oxygens (including phenoxy) is 1. The molecule has 8 heteroatoms. The third-order valence-electron chi connectivity index (χ3n) is 2.91. The van der Waals surface area contributed by atoms with E-state index in [-0.39, 0.29) is 24.2 Å². The molecule has 0 aliphatic carbocycles. The first kappa shape index (κ1) is 14.7. The van der Waals surface area contributed by atoms with E-state index in [0.717, 1.165) is 0 Å². The number of benzene rings is 1. The van der Waals surface area contributed by atoms with E-state index in [1.54, 1.807) is 12.1 Å². The molecular weight excluding hydrogens is 278 g/mol. The van der Waals surface area contributed by atoms with Gasteiger partial charge in [0.15, 0.2) is 5.52 Å². The minimum absolute atomic E-state index is 0.0925. The highest BCUT2D eigenvalue weighted by molar-refractivity contribution is 5.91. The van der Waals surface area contributed by atoms with Gasteiger partial charge in [-0.25, -0.2) is 4.98 Å². The lowest BCUT2D eigenvalue weighted by molar-refractivity contribution is -0.383. The Hall–Kier alpha value is -2.74.